The molecule has 1 aromatic heterocycles. The summed E-state index contributed by atoms with van der Waals surface area (Å²) in [7, 11) is 1.63. The van der Waals surface area contributed by atoms with Gasteiger partial charge in [-0.25, -0.2) is 0 Å². The van der Waals surface area contributed by atoms with Gasteiger partial charge >= 0.3 is 0 Å². The van der Waals surface area contributed by atoms with E-state index in [9.17, 15) is 4.79 Å². The van der Waals surface area contributed by atoms with E-state index in [0.717, 1.165) is 4.88 Å². The minimum Gasteiger partial charge on any atom is -0.457 e. The maximum absolute atomic E-state index is 12.9. The predicted molar refractivity (Wildman–Crippen MR) is 112 cm³/mol. The summed E-state index contributed by atoms with van der Waals surface area (Å²) in [5.41, 5.74) is 0.284. The Hall–Kier alpha value is -2.12. The third kappa shape index (κ3) is 5.23. The first-order valence-corrected chi connectivity index (χ1v) is 10.0. The smallest absolute Gasteiger partial charge is 0.283 e. The lowest BCUT2D eigenvalue weighted by molar-refractivity contribution is 0.0995. The third-order valence-electron chi connectivity index (χ3n) is 3.78. The number of rotatable bonds is 6. The minimum atomic E-state index is -0.431. The van der Waals surface area contributed by atoms with Crippen LogP contribution in [0.3, 0.4) is 0 Å². The Balaban J connectivity index is 1.95. The van der Waals surface area contributed by atoms with Gasteiger partial charge < -0.3 is 14.0 Å². The predicted octanol–water partition coefficient (Wildman–Crippen LogP) is 5.34. The van der Waals surface area contributed by atoms with E-state index in [2.05, 4.69) is 4.99 Å². The van der Waals surface area contributed by atoms with Gasteiger partial charge in [0.25, 0.3) is 5.91 Å². The van der Waals surface area contributed by atoms with Crippen molar-refractivity contribution in [3.8, 4) is 11.5 Å². The Morgan fingerprint density at radius 2 is 1.86 bits per heavy atom. The van der Waals surface area contributed by atoms with Crippen LogP contribution in [-0.4, -0.2) is 24.2 Å². The van der Waals surface area contributed by atoms with E-state index in [0.29, 0.717) is 39.5 Å². The number of hydrogen-bond donors (Lipinski definition) is 0. The molecule has 0 N–H and O–H groups in total. The fourth-order valence-electron chi connectivity index (χ4n) is 2.48. The number of aromatic nitrogens is 1. The van der Waals surface area contributed by atoms with Crippen LogP contribution >= 0.6 is 34.5 Å². The quantitative estimate of drug-likeness (QED) is 0.523. The average molecular weight is 437 g/mol. The molecule has 3 rings (SSSR count). The van der Waals surface area contributed by atoms with Gasteiger partial charge in [0.1, 0.15) is 11.5 Å². The van der Waals surface area contributed by atoms with Crippen LogP contribution in [0.5, 0.6) is 11.5 Å². The van der Waals surface area contributed by atoms with E-state index in [1.54, 1.807) is 49.6 Å². The molecule has 0 saturated carbocycles. The number of amides is 1. The molecule has 5 nitrogen and oxygen atoms in total. The summed E-state index contributed by atoms with van der Waals surface area (Å²) < 4.78 is 12.9. The van der Waals surface area contributed by atoms with Crippen molar-refractivity contribution >= 4 is 40.4 Å². The first-order valence-electron chi connectivity index (χ1n) is 8.44. The van der Waals surface area contributed by atoms with Crippen molar-refractivity contribution in [1.82, 2.24) is 4.57 Å². The molecule has 0 spiro atoms. The van der Waals surface area contributed by atoms with Crippen molar-refractivity contribution in [3.05, 3.63) is 73.9 Å². The molecule has 3 aromatic rings. The molecular weight excluding hydrogens is 419 g/mol. The lowest BCUT2D eigenvalue weighted by Crippen LogP contribution is -2.18. The molecule has 0 unspecified atom stereocenters. The van der Waals surface area contributed by atoms with Crippen molar-refractivity contribution in [3.63, 3.8) is 0 Å². The van der Waals surface area contributed by atoms with Crippen LogP contribution < -0.4 is 9.54 Å². The normalized spacial score (nSPS) is 11.6. The highest BCUT2D eigenvalue weighted by atomic mass is 35.5. The number of thiazole rings is 1. The van der Waals surface area contributed by atoms with Gasteiger partial charge in [-0.05, 0) is 49.4 Å². The molecular formula is C20H18Cl2N2O3S. The van der Waals surface area contributed by atoms with E-state index in [-0.39, 0.29) is 5.56 Å². The lowest BCUT2D eigenvalue weighted by Gasteiger charge is -2.09. The number of carbonyl (C=O) groups is 1. The second-order valence-electron chi connectivity index (χ2n) is 5.92. The SMILES string of the molecule is COCCn1cc(C)sc1=NC(=O)c1cc(Cl)ccc1Oc1ccc(Cl)cc1. The van der Waals surface area contributed by atoms with Crippen LogP contribution in [0.15, 0.2) is 53.7 Å². The summed E-state index contributed by atoms with van der Waals surface area (Å²) in [6, 6.07) is 11.7. The zero-order chi connectivity index (χ0) is 20.1. The van der Waals surface area contributed by atoms with Crippen LogP contribution in [0.25, 0.3) is 0 Å². The molecule has 1 heterocycles. The monoisotopic (exact) mass is 436 g/mol. The number of aryl methyl sites for hydroxylation is 1. The number of ether oxygens (including phenoxy) is 2. The van der Waals surface area contributed by atoms with Gasteiger partial charge in [0, 0.05) is 34.8 Å². The lowest BCUT2D eigenvalue weighted by atomic mass is 10.2. The summed E-state index contributed by atoms with van der Waals surface area (Å²) in [4.78, 5) is 18.8. The molecule has 28 heavy (non-hydrogen) atoms. The second kappa shape index (κ2) is 9.39. The standard InChI is InChI=1S/C20H18Cl2N2O3S/c1-13-12-24(9-10-26-2)20(28-13)23-19(25)17-11-15(22)5-8-18(17)27-16-6-3-14(21)4-7-16/h3-8,11-12H,9-10H2,1-2H3. The summed E-state index contributed by atoms with van der Waals surface area (Å²) >= 11 is 13.4. The van der Waals surface area contributed by atoms with E-state index in [1.165, 1.54) is 11.3 Å². The first kappa shape index (κ1) is 20.6. The average Bonchev–Trinajstić information content (AvgIpc) is 3.02. The van der Waals surface area contributed by atoms with Gasteiger partial charge in [0.15, 0.2) is 4.80 Å². The number of hydrogen-bond acceptors (Lipinski definition) is 4. The van der Waals surface area contributed by atoms with Crippen LogP contribution in [-0.2, 0) is 11.3 Å². The van der Waals surface area contributed by atoms with E-state index >= 15 is 0 Å². The van der Waals surface area contributed by atoms with Crippen molar-refractivity contribution < 1.29 is 14.3 Å². The highest BCUT2D eigenvalue weighted by molar-refractivity contribution is 7.09. The van der Waals surface area contributed by atoms with E-state index < -0.39 is 5.91 Å². The largest absolute Gasteiger partial charge is 0.457 e. The third-order valence-corrected chi connectivity index (χ3v) is 5.21. The molecule has 0 aliphatic rings. The Labute approximate surface area is 176 Å². The maximum atomic E-state index is 12.9. The molecule has 0 fully saturated rings. The highest BCUT2D eigenvalue weighted by Gasteiger charge is 2.15. The van der Waals surface area contributed by atoms with Gasteiger partial charge in [0.05, 0.1) is 12.2 Å². The molecule has 0 radical (unpaired) electrons. The Bertz CT molecular complexity index is 1040. The Kier molecular flexibility index (Phi) is 6.91. The molecule has 1 amide bonds. The highest BCUT2D eigenvalue weighted by Crippen LogP contribution is 2.29. The second-order valence-corrected chi connectivity index (χ2v) is 8.01. The van der Waals surface area contributed by atoms with E-state index in [1.807, 2.05) is 17.7 Å². The Morgan fingerprint density at radius 3 is 2.57 bits per heavy atom. The summed E-state index contributed by atoms with van der Waals surface area (Å²) in [5.74, 6) is 0.500. The number of methoxy groups -OCH3 is 1. The Morgan fingerprint density at radius 1 is 1.14 bits per heavy atom. The molecule has 0 saturated heterocycles. The van der Waals surface area contributed by atoms with Crippen molar-refractivity contribution in [2.75, 3.05) is 13.7 Å². The number of carbonyl (C=O) groups excluding carboxylic acids is 1. The minimum absolute atomic E-state index is 0.284. The zero-order valence-corrected chi connectivity index (χ0v) is 17.6. The number of halogens is 2. The molecule has 0 atom stereocenters. The van der Waals surface area contributed by atoms with Crippen molar-refractivity contribution in [1.29, 1.82) is 0 Å². The maximum Gasteiger partial charge on any atom is 0.283 e. The van der Waals surface area contributed by atoms with Crippen LogP contribution in [0.4, 0.5) is 0 Å². The molecule has 0 aliphatic carbocycles. The van der Waals surface area contributed by atoms with Gasteiger partial charge in [-0.2, -0.15) is 4.99 Å². The molecule has 0 bridgehead atoms. The van der Waals surface area contributed by atoms with E-state index in [4.69, 9.17) is 32.7 Å². The van der Waals surface area contributed by atoms with Crippen LogP contribution in [0, 0.1) is 6.92 Å². The van der Waals surface area contributed by atoms with Gasteiger partial charge in [-0.1, -0.05) is 23.2 Å². The van der Waals surface area contributed by atoms with Crippen molar-refractivity contribution in [2.24, 2.45) is 4.99 Å². The van der Waals surface area contributed by atoms with Gasteiger partial charge in [-0.3, -0.25) is 4.79 Å². The fourth-order valence-corrected chi connectivity index (χ4v) is 3.63. The van der Waals surface area contributed by atoms with Crippen LogP contribution in [0.1, 0.15) is 15.2 Å². The molecule has 8 heteroatoms. The molecule has 146 valence electrons. The molecule has 2 aromatic carbocycles. The first-order chi connectivity index (χ1) is 13.5. The summed E-state index contributed by atoms with van der Waals surface area (Å²) in [6.45, 7) is 3.10. The zero-order valence-electron chi connectivity index (χ0n) is 15.3. The number of benzene rings is 2. The van der Waals surface area contributed by atoms with Crippen molar-refractivity contribution in [2.45, 2.75) is 13.5 Å². The molecule has 0 aliphatic heterocycles. The van der Waals surface area contributed by atoms with Gasteiger partial charge in [0.2, 0.25) is 0 Å². The topological polar surface area (TPSA) is 52.8 Å². The summed E-state index contributed by atoms with van der Waals surface area (Å²) in [6.07, 6.45) is 1.94. The fraction of sp³-hybridized carbons (Fsp3) is 0.200. The van der Waals surface area contributed by atoms with Crippen LogP contribution in [0.2, 0.25) is 10.0 Å². The van der Waals surface area contributed by atoms with Gasteiger partial charge in [-0.15, -0.1) is 11.3 Å². The summed E-state index contributed by atoms with van der Waals surface area (Å²) in [5, 5.41) is 1.03. The number of nitrogens with zero attached hydrogens (tertiary/aromatic N) is 2.